The normalized spacial score (nSPS) is 12.4. The molecule has 7 nitrogen and oxygen atoms in total. The maximum atomic E-state index is 7.02. The van der Waals surface area contributed by atoms with Crippen molar-refractivity contribution in [1.29, 1.82) is 0 Å². The van der Waals surface area contributed by atoms with Gasteiger partial charge in [-0.1, -0.05) is 75.4 Å². The summed E-state index contributed by atoms with van der Waals surface area (Å²) < 4.78 is 26.8. The molecule has 0 amide bonds. The molecule has 0 aliphatic rings. The smallest absolute Gasteiger partial charge is 0.217 e. The molecule has 1 aromatic heterocycles. The SMILES string of the molecule is COc1ccc(C(OCc2nc(Br)nn2CCO[Si](C)(C)C(C)(C)C)(c2ccccc2)c2ccc(OC)cc2)cc1. The minimum atomic E-state index is -1.89. The fraction of sp³-hybridized carbons (Fsp3) is 0.375. The Balaban J connectivity index is 1.73. The number of nitrogens with zero attached hydrogens (tertiary/aromatic N) is 3. The fourth-order valence-corrected chi connectivity index (χ4v) is 5.91. The molecule has 0 spiro atoms. The highest BCUT2D eigenvalue weighted by Crippen LogP contribution is 2.42. The first-order chi connectivity index (χ1) is 19.5. The van der Waals surface area contributed by atoms with Crippen molar-refractivity contribution in [1.82, 2.24) is 14.8 Å². The average molecular weight is 639 g/mol. The first-order valence-electron chi connectivity index (χ1n) is 13.7. The van der Waals surface area contributed by atoms with Crippen molar-refractivity contribution in [3.63, 3.8) is 0 Å². The number of halogens is 1. The molecule has 0 unspecified atom stereocenters. The topological polar surface area (TPSA) is 67.6 Å². The molecular weight excluding hydrogens is 598 g/mol. The van der Waals surface area contributed by atoms with E-state index in [1.165, 1.54) is 0 Å². The van der Waals surface area contributed by atoms with E-state index in [0.717, 1.165) is 28.2 Å². The molecule has 0 aliphatic heterocycles. The Morgan fingerprint density at radius 3 is 1.78 bits per heavy atom. The van der Waals surface area contributed by atoms with Gasteiger partial charge in [0.05, 0.1) is 27.4 Å². The van der Waals surface area contributed by atoms with Crippen molar-refractivity contribution in [3.05, 3.63) is 106 Å². The zero-order valence-electron chi connectivity index (χ0n) is 25.0. The van der Waals surface area contributed by atoms with Crippen LogP contribution in [-0.4, -0.2) is 43.9 Å². The number of hydrogen-bond acceptors (Lipinski definition) is 6. The van der Waals surface area contributed by atoms with Crippen molar-refractivity contribution in [2.45, 2.75) is 57.7 Å². The minimum absolute atomic E-state index is 0.133. The van der Waals surface area contributed by atoms with Gasteiger partial charge in [-0.05, 0) is 75.0 Å². The summed E-state index contributed by atoms with van der Waals surface area (Å²) >= 11 is 3.47. The van der Waals surface area contributed by atoms with Crippen LogP contribution in [0.4, 0.5) is 0 Å². The maximum Gasteiger partial charge on any atom is 0.217 e. The van der Waals surface area contributed by atoms with Crippen LogP contribution in [0.2, 0.25) is 18.1 Å². The van der Waals surface area contributed by atoms with Crippen LogP contribution in [-0.2, 0) is 27.9 Å². The summed E-state index contributed by atoms with van der Waals surface area (Å²) in [4.78, 5) is 4.67. The van der Waals surface area contributed by atoms with E-state index in [1.807, 2.05) is 71.4 Å². The molecule has 0 saturated carbocycles. The van der Waals surface area contributed by atoms with E-state index in [9.17, 15) is 0 Å². The summed E-state index contributed by atoms with van der Waals surface area (Å²) in [6.45, 7) is 12.6. The van der Waals surface area contributed by atoms with Crippen molar-refractivity contribution < 1.29 is 18.6 Å². The number of aromatic nitrogens is 3. The largest absolute Gasteiger partial charge is 0.497 e. The summed E-state index contributed by atoms with van der Waals surface area (Å²) in [7, 11) is 1.44. The molecule has 41 heavy (non-hydrogen) atoms. The molecule has 0 fully saturated rings. The number of ether oxygens (including phenoxy) is 3. The molecule has 4 aromatic rings. The van der Waals surface area contributed by atoms with Crippen LogP contribution < -0.4 is 9.47 Å². The Morgan fingerprint density at radius 1 is 0.780 bits per heavy atom. The van der Waals surface area contributed by atoms with Crippen LogP contribution in [0.15, 0.2) is 83.6 Å². The second-order valence-corrected chi connectivity index (χ2v) is 16.9. The molecule has 9 heteroatoms. The van der Waals surface area contributed by atoms with Gasteiger partial charge in [-0.3, -0.25) is 0 Å². The first kappa shape index (κ1) is 31.0. The van der Waals surface area contributed by atoms with Gasteiger partial charge in [0, 0.05) is 0 Å². The van der Waals surface area contributed by atoms with E-state index in [1.54, 1.807) is 14.2 Å². The van der Waals surface area contributed by atoms with Gasteiger partial charge in [-0.25, -0.2) is 9.67 Å². The Hall–Kier alpha value is -2.98. The highest BCUT2D eigenvalue weighted by atomic mass is 79.9. The molecule has 0 N–H and O–H groups in total. The van der Waals surface area contributed by atoms with Crippen LogP contribution >= 0.6 is 15.9 Å². The van der Waals surface area contributed by atoms with Crippen molar-refractivity contribution in [2.75, 3.05) is 20.8 Å². The zero-order valence-corrected chi connectivity index (χ0v) is 27.6. The fourth-order valence-electron chi connectivity index (χ4n) is 4.48. The summed E-state index contributed by atoms with van der Waals surface area (Å²) in [6.07, 6.45) is 0. The average Bonchev–Trinajstić information content (AvgIpc) is 3.32. The molecule has 4 rings (SSSR count). The predicted molar refractivity (Wildman–Crippen MR) is 168 cm³/mol. The zero-order chi connectivity index (χ0) is 29.7. The quantitative estimate of drug-likeness (QED) is 0.118. The van der Waals surface area contributed by atoms with E-state index in [4.69, 9.17) is 18.6 Å². The van der Waals surface area contributed by atoms with Crippen LogP contribution in [0.1, 0.15) is 43.3 Å². The number of rotatable bonds is 12. The number of benzene rings is 3. The highest BCUT2D eigenvalue weighted by molar-refractivity contribution is 9.10. The van der Waals surface area contributed by atoms with Crippen LogP contribution in [0.25, 0.3) is 0 Å². The lowest BCUT2D eigenvalue weighted by Gasteiger charge is -2.36. The lowest BCUT2D eigenvalue weighted by atomic mass is 9.80. The lowest BCUT2D eigenvalue weighted by molar-refractivity contribution is -0.00517. The highest BCUT2D eigenvalue weighted by Gasteiger charge is 2.39. The van der Waals surface area contributed by atoms with Gasteiger partial charge in [0.15, 0.2) is 14.1 Å². The Kier molecular flexibility index (Phi) is 9.74. The van der Waals surface area contributed by atoms with Gasteiger partial charge in [0.1, 0.15) is 23.7 Å². The van der Waals surface area contributed by atoms with Crippen molar-refractivity contribution in [2.24, 2.45) is 0 Å². The number of hydrogen-bond donors (Lipinski definition) is 0. The Bertz CT molecular complexity index is 1350. The third-order valence-electron chi connectivity index (χ3n) is 7.89. The summed E-state index contributed by atoms with van der Waals surface area (Å²) in [6, 6.07) is 26.2. The second kappa shape index (κ2) is 12.9. The van der Waals surface area contributed by atoms with Crippen LogP contribution in [0.3, 0.4) is 0 Å². The molecule has 0 saturated heterocycles. The Labute approximate surface area is 253 Å². The molecule has 0 bridgehead atoms. The molecule has 0 radical (unpaired) electrons. The van der Waals surface area contributed by atoms with Gasteiger partial charge in [-0.2, -0.15) is 0 Å². The van der Waals surface area contributed by atoms with Gasteiger partial charge in [-0.15, -0.1) is 5.10 Å². The third-order valence-corrected chi connectivity index (χ3v) is 12.8. The van der Waals surface area contributed by atoms with Crippen LogP contribution in [0, 0.1) is 0 Å². The molecule has 0 aliphatic carbocycles. The van der Waals surface area contributed by atoms with Crippen molar-refractivity contribution in [3.8, 4) is 11.5 Å². The third kappa shape index (κ3) is 6.92. The van der Waals surface area contributed by atoms with E-state index in [0.29, 0.717) is 23.7 Å². The number of methoxy groups -OCH3 is 2. The predicted octanol–water partition coefficient (Wildman–Crippen LogP) is 7.59. The molecule has 1 heterocycles. The van der Waals surface area contributed by atoms with Crippen LogP contribution in [0.5, 0.6) is 11.5 Å². The second-order valence-electron chi connectivity index (χ2n) is 11.4. The first-order valence-corrected chi connectivity index (χ1v) is 17.4. The van der Waals surface area contributed by atoms with Gasteiger partial charge in [0.2, 0.25) is 4.73 Å². The van der Waals surface area contributed by atoms with Gasteiger partial charge >= 0.3 is 0 Å². The van der Waals surface area contributed by atoms with Crippen molar-refractivity contribution >= 4 is 24.2 Å². The van der Waals surface area contributed by atoms with Gasteiger partial charge < -0.3 is 18.6 Å². The summed E-state index contributed by atoms with van der Waals surface area (Å²) in [5.41, 5.74) is 1.96. The van der Waals surface area contributed by atoms with E-state index >= 15 is 0 Å². The Morgan fingerprint density at radius 2 is 1.29 bits per heavy atom. The lowest BCUT2D eigenvalue weighted by Crippen LogP contribution is -2.41. The monoisotopic (exact) mass is 637 g/mol. The maximum absolute atomic E-state index is 7.02. The standard InChI is InChI=1S/C32H40BrN3O4Si/c1-31(2,3)41(6,7)40-22-21-36-29(34-30(33)35-36)23-39-32(24-11-9-8-10-12-24,25-13-17-27(37-4)18-14-25)26-15-19-28(38-5)20-16-26/h8-20H,21-23H2,1-7H3. The van der Waals surface area contributed by atoms with E-state index in [-0.39, 0.29) is 11.6 Å². The van der Waals surface area contributed by atoms with Gasteiger partial charge in [0.25, 0.3) is 0 Å². The molecule has 0 atom stereocenters. The van der Waals surface area contributed by atoms with E-state index in [2.05, 4.69) is 72.0 Å². The molecule has 3 aromatic carbocycles. The van der Waals surface area contributed by atoms with E-state index < -0.39 is 13.9 Å². The summed E-state index contributed by atoms with van der Waals surface area (Å²) in [5.74, 6) is 2.25. The molecule has 218 valence electrons. The molecular formula is C32H40BrN3O4Si. The minimum Gasteiger partial charge on any atom is -0.497 e. The summed E-state index contributed by atoms with van der Waals surface area (Å²) in [5, 5.41) is 4.73.